The van der Waals surface area contributed by atoms with Gasteiger partial charge in [0.2, 0.25) is 5.91 Å². The highest BCUT2D eigenvalue weighted by Gasteiger charge is 2.46. The number of carbonyl (C=O) groups is 1. The summed E-state index contributed by atoms with van der Waals surface area (Å²) in [5.74, 6) is 0.564. The zero-order valence-corrected chi connectivity index (χ0v) is 17.6. The van der Waals surface area contributed by atoms with E-state index in [1.807, 2.05) is 0 Å². The Bertz CT molecular complexity index is 590. The molecule has 3 aliphatic heterocycles. The van der Waals surface area contributed by atoms with Crippen molar-refractivity contribution < 1.29 is 9.18 Å². The maximum atomic E-state index is 14.4. The predicted octanol–water partition coefficient (Wildman–Crippen LogP) is 0.538. The minimum absolute atomic E-state index is 0.0115. The van der Waals surface area contributed by atoms with Crippen molar-refractivity contribution in [3.05, 3.63) is 0 Å². The van der Waals surface area contributed by atoms with Gasteiger partial charge in [-0.2, -0.15) is 0 Å². The summed E-state index contributed by atoms with van der Waals surface area (Å²) in [5.41, 5.74) is 6.60. The molecule has 0 aromatic heterocycles. The van der Waals surface area contributed by atoms with Crippen LogP contribution in [-0.4, -0.2) is 78.5 Å². The van der Waals surface area contributed by atoms with Gasteiger partial charge in [-0.25, -0.2) is 15.2 Å². The molecule has 0 aromatic carbocycles. The van der Waals surface area contributed by atoms with Crippen molar-refractivity contribution in [3.8, 4) is 0 Å². The first-order valence-corrected chi connectivity index (χ1v) is 11.8. The fourth-order valence-corrected chi connectivity index (χ4v) is 6.49. The van der Waals surface area contributed by atoms with E-state index in [1.165, 1.54) is 12.8 Å². The summed E-state index contributed by atoms with van der Waals surface area (Å²) in [6.07, 6.45) is 6.37. The molecule has 5 fully saturated rings. The molecule has 0 radical (unpaired) electrons. The molecule has 0 spiro atoms. The van der Waals surface area contributed by atoms with E-state index in [0.717, 1.165) is 45.6 Å². The summed E-state index contributed by atoms with van der Waals surface area (Å²) in [5, 5.41) is 6.81. The second-order valence-corrected chi connectivity index (χ2v) is 10.0. The van der Waals surface area contributed by atoms with Gasteiger partial charge in [-0.1, -0.05) is 6.92 Å². The molecule has 6 unspecified atom stereocenters. The average molecular weight is 409 g/mol. The van der Waals surface area contributed by atoms with Crippen LogP contribution in [0.5, 0.6) is 0 Å². The molecule has 8 atom stereocenters. The van der Waals surface area contributed by atoms with Crippen molar-refractivity contribution in [1.29, 1.82) is 0 Å². The number of hydrogen-bond donors (Lipinski definition) is 4. The minimum atomic E-state index is -0.752. The van der Waals surface area contributed by atoms with Crippen LogP contribution in [0.1, 0.15) is 51.9 Å². The number of carbonyl (C=O) groups excluding carboxylic acids is 1. The van der Waals surface area contributed by atoms with Gasteiger partial charge < -0.3 is 10.6 Å². The Morgan fingerprint density at radius 1 is 1.10 bits per heavy atom. The third-order valence-electron chi connectivity index (χ3n) is 8.24. The van der Waals surface area contributed by atoms with Crippen LogP contribution in [0.4, 0.5) is 4.39 Å². The highest BCUT2D eigenvalue weighted by molar-refractivity contribution is 5.82. The van der Waals surface area contributed by atoms with Gasteiger partial charge >= 0.3 is 0 Å². The number of hydrazine groups is 1. The molecule has 2 saturated carbocycles. The van der Waals surface area contributed by atoms with Crippen LogP contribution in [0, 0.1) is 11.8 Å². The van der Waals surface area contributed by atoms with Crippen molar-refractivity contribution in [2.75, 3.05) is 26.3 Å². The van der Waals surface area contributed by atoms with Crippen LogP contribution in [-0.2, 0) is 4.79 Å². The monoisotopic (exact) mass is 408 g/mol. The fourth-order valence-electron chi connectivity index (χ4n) is 6.49. The van der Waals surface area contributed by atoms with Gasteiger partial charge in [-0.15, -0.1) is 0 Å². The molecule has 0 bridgehead atoms. The third kappa shape index (κ3) is 4.06. The second-order valence-electron chi connectivity index (χ2n) is 10.0. The molecule has 29 heavy (non-hydrogen) atoms. The van der Waals surface area contributed by atoms with Gasteiger partial charge in [0.15, 0.2) is 0 Å². The van der Waals surface area contributed by atoms with Crippen molar-refractivity contribution in [3.63, 3.8) is 0 Å². The number of fused-ring (bicyclic) bond motifs is 2. The second kappa shape index (κ2) is 8.38. The lowest BCUT2D eigenvalue weighted by molar-refractivity contribution is -0.124. The lowest BCUT2D eigenvalue weighted by Crippen LogP contribution is -2.58. The van der Waals surface area contributed by atoms with Gasteiger partial charge in [0.1, 0.15) is 6.17 Å². The van der Waals surface area contributed by atoms with E-state index in [0.29, 0.717) is 31.0 Å². The molecule has 3 heterocycles. The molecule has 4 N–H and O–H groups in total. The number of hydrogen-bond acceptors (Lipinski definition) is 6. The normalized spacial score (nSPS) is 46.3. The van der Waals surface area contributed by atoms with Crippen LogP contribution in [0.15, 0.2) is 0 Å². The number of amides is 1. The summed E-state index contributed by atoms with van der Waals surface area (Å²) in [7, 11) is 0. The maximum Gasteiger partial charge on any atom is 0.237 e. The Kier molecular flexibility index (Phi) is 5.82. The molecular weight excluding hydrogens is 371 g/mol. The van der Waals surface area contributed by atoms with Crippen LogP contribution < -0.4 is 21.5 Å². The highest BCUT2D eigenvalue weighted by Crippen LogP contribution is 2.38. The van der Waals surface area contributed by atoms with Crippen LogP contribution in [0.3, 0.4) is 0 Å². The van der Waals surface area contributed by atoms with Crippen molar-refractivity contribution in [2.24, 2.45) is 11.8 Å². The van der Waals surface area contributed by atoms with Crippen LogP contribution in [0.25, 0.3) is 0 Å². The van der Waals surface area contributed by atoms with Gasteiger partial charge in [0, 0.05) is 43.7 Å². The van der Waals surface area contributed by atoms with E-state index >= 15 is 0 Å². The highest BCUT2D eigenvalue weighted by atomic mass is 19.1. The molecule has 0 aromatic rings. The molecule has 164 valence electrons. The van der Waals surface area contributed by atoms with Crippen LogP contribution in [0.2, 0.25) is 0 Å². The Morgan fingerprint density at radius 2 is 1.97 bits per heavy atom. The quantitative estimate of drug-likeness (QED) is 0.546. The van der Waals surface area contributed by atoms with Crippen molar-refractivity contribution in [1.82, 2.24) is 31.3 Å². The number of alkyl halides is 1. The molecule has 8 heteroatoms. The minimum Gasteiger partial charge on any atom is -0.352 e. The van der Waals surface area contributed by atoms with E-state index in [4.69, 9.17) is 0 Å². The SMILES string of the molecule is CC1CCC(F)C2CC(C(=O)N[C@@H]3CCC[C@H](N4CCN5CNNC5C4)C3)NC12. The fraction of sp³-hybridized carbons (Fsp3) is 0.952. The largest absolute Gasteiger partial charge is 0.352 e. The Morgan fingerprint density at radius 3 is 2.83 bits per heavy atom. The Labute approximate surface area is 173 Å². The summed E-state index contributed by atoms with van der Waals surface area (Å²) in [4.78, 5) is 18.0. The van der Waals surface area contributed by atoms with E-state index in [9.17, 15) is 9.18 Å². The molecule has 2 aliphatic carbocycles. The zero-order valence-electron chi connectivity index (χ0n) is 17.6. The lowest BCUT2D eigenvalue weighted by Gasteiger charge is -2.43. The molecule has 7 nitrogen and oxygen atoms in total. The Hall–Kier alpha value is -0.800. The maximum absolute atomic E-state index is 14.4. The van der Waals surface area contributed by atoms with Gasteiger partial charge in [-0.3, -0.25) is 14.6 Å². The first-order valence-electron chi connectivity index (χ1n) is 11.8. The number of piperazine rings is 1. The van der Waals surface area contributed by atoms with Gasteiger partial charge in [0.25, 0.3) is 0 Å². The standard InChI is InChI=1S/C21H37FN6O/c1-13-5-6-17(22)16-10-18(25-20(13)16)21(29)24-14-3-2-4-15(9-14)27-7-8-28-12-23-26-19(28)11-27/h13-20,23,25-26H,2-12H2,1H3,(H,24,29)/t13?,14-,15+,16?,17?,18?,19?,20?/m1/s1. The summed E-state index contributed by atoms with van der Waals surface area (Å²) >= 11 is 0. The molecular formula is C21H37FN6O. The van der Waals surface area contributed by atoms with Gasteiger partial charge in [-0.05, 0) is 50.9 Å². The number of halogens is 1. The number of nitrogens with zero attached hydrogens (tertiary/aromatic N) is 2. The molecule has 1 amide bonds. The van der Waals surface area contributed by atoms with Gasteiger partial charge in [0.05, 0.1) is 18.9 Å². The van der Waals surface area contributed by atoms with E-state index in [-0.39, 0.29) is 30.0 Å². The first-order chi connectivity index (χ1) is 14.1. The topological polar surface area (TPSA) is 71.7 Å². The zero-order chi connectivity index (χ0) is 20.0. The van der Waals surface area contributed by atoms with E-state index < -0.39 is 6.17 Å². The first kappa shape index (κ1) is 20.1. The summed E-state index contributed by atoms with van der Waals surface area (Å²) in [6, 6.07) is 0.740. The smallest absolute Gasteiger partial charge is 0.237 e. The van der Waals surface area contributed by atoms with Crippen LogP contribution >= 0.6 is 0 Å². The Balaban J connectivity index is 1.14. The molecule has 5 aliphatic rings. The molecule has 5 rings (SSSR count). The van der Waals surface area contributed by atoms with E-state index in [1.54, 1.807) is 0 Å². The molecule has 3 saturated heterocycles. The third-order valence-corrected chi connectivity index (χ3v) is 8.24. The average Bonchev–Trinajstić information content (AvgIpc) is 3.38. The number of nitrogens with one attached hydrogen (secondary N) is 4. The number of rotatable bonds is 3. The summed E-state index contributed by atoms with van der Waals surface area (Å²) in [6.45, 7) is 6.36. The van der Waals surface area contributed by atoms with Crippen molar-refractivity contribution >= 4 is 5.91 Å². The van der Waals surface area contributed by atoms with Crippen molar-refractivity contribution in [2.45, 2.75) is 88.4 Å². The summed E-state index contributed by atoms with van der Waals surface area (Å²) < 4.78 is 14.4. The lowest BCUT2D eigenvalue weighted by atomic mass is 9.77. The predicted molar refractivity (Wildman–Crippen MR) is 110 cm³/mol. The van der Waals surface area contributed by atoms with E-state index in [2.05, 4.69) is 38.2 Å².